The Labute approximate surface area is 221 Å². The van der Waals surface area contributed by atoms with Gasteiger partial charge >= 0.3 is 0 Å². The lowest BCUT2D eigenvalue weighted by Gasteiger charge is -2.19. The average molecular weight is 503 g/mol. The number of imidazole rings is 1. The quantitative estimate of drug-likeness (QED) is 0.346. The minimum Gasteiger partial charge on any atom is -0.456 e. The first kappa shape index (κ1) is 22.8. The van der Waals surface area contributed by atoms with Crippen LogP contribution in [-0.2, 0) is 0 Å². The van der Waals surface area contributed by atoms with Crippen molar-refractivity contribution in [3.63, 3.8) is 0 Å². The zero-order valence-electron chi connectivity index (χ0n) is 21.6. The van der Waals surface area contributed by atoms with Gasteiger partial charge in [-0.05, 0) is 47.2 Å². The molecule has 2 N–H and O–H groups in total. The summed E-state index contributed by atoms with van der Waals surface area (Å²) in [6.07, 6.45) is 4.17. The molecule has 190 valence electrons. The number of furan rings is 1. The number of hydrogen-bond donors (Lipinski definition) is 2. The molecule has 0 saturated carbocycles. The van der Waals surface area contributed by atoms with Gasteiger partial charge in [0.1, 0.15) is 34.4 Å². The van der Waals surface area contributed by atoms with E-state index in [0.29, 0.717) is 11.8 Å². The lowest BCUT2D eigenvalue weighted by Crippen LogP contribution is -2.35. The molecule has 0 aliphatic carbocycles. The van der Waals surface area contributed by atoms with Gasteiger partial charge in [0.05, 0.1) is 0 Å². The predicted molar refractivity (Wildman–Crippen MR) is 153 cm³/mol. The molecule has 2 aromatic carbocycles. The number of nitrogens with zero attached hydrogens (tertiary/aromatic N) is 4. The molecule has 7 nitrogen and oxygen atoms in total. The van der Waals surface area contributed by atoms with Crippen molar-refractivity contribution in [1.82, 2.24) is 20.0 Å². The molecule has 7 heteroatoms. The third-order valence-electron chi connectivity index (χ3n) is 7.35. The molecule has 0 saturated heterocycles. The fourth-order valence-corrected chi connectivity index (χ4v) is 5.07. The summed E-state index contributed by atoms with van der Waals surface area (Å²) >= 11 is 0. The van der Waals surface area contributed by atoms with Crippen LogP contribution in [0.1, 0.15) is 25.1 Å². The molecule has 7 rings (SSSR count). The molecule has 0 amide bonds. The van der Waals surface area contributed by atoms with Gasteiger partial charge in [-0.25, -0.2) is 4.98 Å². The number of pyridine rings is 1. The Morgan fingerprint density at radius 2 is 1.42 bits per heavy atom. The van der Waals surface area contributed by atoms with Crippen molar-refractivity contribution in [2.24, 2.45) is 21.8 Å². The van der Waals surface area contributed by atoms with E-state index in [0.717, 1.165) is 88.2 Å². The molecule has 2 atom stereocenters. The van der Waals surface area contributed by atoms with E-state index in [9.17, 15) is 0 Å². The van der Waals surface area contributed by atoms with Crippen molar-refractivity contribution >= 4 is 28.3 Å². The summed E-state index contributed by atoms with van der Waals surface area (Å²) in [6.45, 7) is 7.99. The van der Waals surface area contributed by atoms with E-state index in [2.05, 4.69) is 106 Å². The second-order valence-electron chi connectivity index (χ2n) is 10.6. The highest BCUT2D eigenvalue weighted by molar-refractivity contribution is 6.02. The summed E-state index contributed by atoms with van der Waals surface area (Å²) in [7, 11) is 0. The fourth-order valence-electron chi connectivity index (χ4n) is 5.07. The number of hydrogen-bond acceptors (Lipinski definition) is 6. The number of fused-ring (bicyclic) bond motifs is 2. The summed E-state index contributed by atoms with van der Waals surface area (Å²) < 4.78 is 8.34. The minimum absolute atomic E-state index is 0.556. The summed E-state index contributed by atoms with van der Waals surface area (Å²) in [5.41, 5.74) is 7.06. The zero-order valence-corrected chi connectivity index (χ0v) is 21.6. The SMILES string of the molecule is CC1CN=C(c2ccc3cc(-c4ccc(-c5ccc6nc(C7=NCC(C)CN7)cn6c5)cc4)oc3c2)NC1. The monoisotopic (exact) mass is 502 g/mol. The van der Waals surface area contributed by atoms with Gasteiger partial charge < -0.3 is 19.5 Å². The van der Waals surface area contributed by atoms with Crippen LogP contribution >= 0.6 is 0 Å². The highest BCUT2D eigenvalue weighted by Gasteiger charge is 2.16. The molecule has 2 aliphatic heterocycles. The Balaban J connectivity index is 1.13. The Morgan fingerprint density at radius 1 is 0.737 bits per heavy atom. The van der Waals surface area contributed by atoms with E-state index < -0.39 is 0 Å². The van der Waals surface area contributed by atoms with Gasteiger partial charge in [-0.3, -0.25) is 9.98 Å². The highest BCUT2D eigenvalue weighted by atomic mass is 16.3. The zero-order chi connectivity index (χ0) is 25.6. The van der Waals surface area contributed by atoms with E-state index in [1.165, 1.54) is 0 Å². The molecule has 0 fully saturated rings. The summed E-state index contributed by atoms with van der Waals surface area (Å²) in [5, 5.41) is 7.92. The van der Waals surface area contributed by atoms with Crippen molar-refractivity contribution < 1.29 is 4.42 Å². The fraction of sp³-hybridized carbons (Fsp3) is 0.258. The Hall–Kier alpha value is -4.39. The summed E-state index contributed by atoms with van der Waals surface area (Å²) in [6, 6.07) is 21.1. The standard InChI is InChI=1S/C31H30N6O/c1-19-13-32-30(33-14-19)24-8-7-23-11-27(38-28(23)12-24)22-5-3-21(4-6-22)25-9-10-29-36-26(18-37(29)17-25)31-34-15-20(2)16-35-31/h3-12,17-20H,13-16H2,1-2H3,(H,32,33)(H,34,35). The van der Waals surface area contributed by atoms with Crippen LogP contribution in [0, 0.1) is 11.8 Å². The molecular weight excluding hydrogens is 472 g/mol. The van der Waals surface area contributed by atoms with Gasteiger partial charge in [0.15, 0.2) is 0 Å². The van der Waals surface area contributed by atoms with E-state index in [-0.39, 0.29) is 0 Å². The molecule has 0 radical (unpaired) electrons. The van der Waals surface area contributed by atoms with Crippen LogP contribution in [0.4, 0.5) is 0 Å². The molecule has 0 spiro atoms. The van der Waals surface area contributed by atoms with Gasteiger partial charge in [0.25, 0.3) is 0 Å². The number of nitrogens with one attached hydrogen (secondary N) is 2. The number of rotatable bonds is 4. The topological polar surface area (TPSA) is 79.2 Å². The number of amidine groups is 2. The van der Waals surface area contributed by atoms with Gasteiger partial charge in [0, 0.05) is 55.1 Å². The van der Waals surface area contributed by atoms with Crippen LogP contribution in [-0.4, -0.2) is 47.2 Å². The maximum absolute atomic E-state index is 6.26. The first-order valence-corrected chi connectivity index (χ1v) is 13.3. The van der Waals surface area contributed by atoms with E-state index in [1.807, 2.05) is 6.20 Å². The number of aliphatic imine (C=N–C) groups is 2. The molecular formula is C31H30N6O. The van der Waals surface area contributed by atoms with Crippen LogP contribution in [0.3, 0.4) is 0 Å². The highest BCUT2D eigenvalue weighted by Crippen LogP contribution is 2.31. The third kappa shape index (κ3) is 4.24. The second kappa shape index (κ2) is 9.17. The molecule has 3 aromatic heterocycles. The van der Waals surface area contributed by atoms with Crippen LogP contribution in [0.25, 0.3) is 39.1 Å². The van der Waals surface area contributed by atoms with Crippen LogP contribution in [0.15, 0.2) is 87.5 Å². The van der Waals surface area contributed by atoms with Crippen molar-refractivity contribution in [3.05, 3.63) is 84.3 Å². The number of benzene rings is 2. The second-order valence-corrected chi connectivity index (χ2v) is 10.6. The Bertz CT molecular complexity index is 1660. The van der Waals surface area contributed by atoms with Gasteiger partial charge in [-0.1, -0.05) is 50.2 Å². The van der Waals surface area contributed by atoms with Gasteiger partial charge in [-0.2, -0.15) is 0 Å². The smallest absolute Gasteiger partial charge is 0.148 e. The normalized spacial score (nSPS) is 19.6. The van der Waals surface area contributed by atoms with E-state index in [4.69, 9.17) is 9.40 Å². The Kier molecular flexibility index (Phi) is 5.50. The molecule has 2 unspecified atom stereocenters. The summed E-state index contributed by atoms with van der Waals surface area (Å²) in [5.74, 6) is 3.82. The molecule has 5 heterocycles. The Morgan fingerprint density at radius 3 is 2.16 bits per heavy atom. The van der Waals surface area contributed by atoms with Crippen molar-refractivity contribution in [1.29, 1.82) is 0 Å². The summed E-state index contributed by atoms with van der Waals surface area (Å²) in [4.78, 5) is 14.1. The van der Waals surface area contributed by atoms with E-state index in [1.54, 1.807) is 0 Å². The first-order chi connectivity index (χ1) is 18.6. The van der Waals surface area contributed by atoms with Crippen LogP contribution in [0.2, 0.25) is 0 Å². The van der Waals surface area contributed by atoms with Gasteiger partial charge in [0.2, 0.25) is 0 Å². The first-order valence-electron chi connectivity index (χ1n) is 13.3. The van der Waals surface area contributed by atoms with Crippen molar-refractivity contribution in [3.8, 4) is 22.5 Å². The van der Waals surface area contributed by atoms with Crippen LogP contribution in [0.5, 0.6) is 0 Å². The largest absolute Gasteiger partial charge is 0.456 e. The lowest BCUT2D eigenvalue weighted by atomic mass is 10.0. The lowest BCUT2D eigenvalue weighted by molar-refractivity contribution is 0.554. The van der Waals surface area contributed by atoms with Gasteiger partial charge in [-0.15, -0.1) is 0 Å². The third-order valence-corrected chi connectivity index (χ3v) is 7.35. The predicted octanol–water partition coefficient (Wildman–Crippen LogP) is 5.39. The molecule has 0 bridgehead atoms. The molecule has 2 aliphatic rings. The maximum atomic E-state index is 6.26. The minimum atomic E-state index is 0.556. The van der Waals surface area contributed by atoms with Crippen LogP contribution < -0.4 is 10.6 Å². The molecule has 5 aromatic rings. The molecule has 38 heavy (non-hydrogen) atoms. The van der Waals surface area contributed by atoms with Crippen molar-refractivity contribution in [2.45, 2.75) is 13.8 Å². The average Bonchev–Trinajstić information content (AvgIpc) is 3.57. The van der Waals surface area contributed by atoms with E-state index >= 15 is 0 Å². The maximum Gasteiger partial charge on any atom is 0.148 e. The van der Waals surface area contributed by atoms with Crippen molar-refractivity contribution in [2.75, 3.05) is 26.2 Å². The number of aromatic nitrogens is 2.